The number of likely N-dealkylation sites (tertiary alicyclic amines) is 1. The number of hydrogen-bond donors (Lipinski definition) is 1. The molecular formula is C14H25NO2. The Morgan fingerprint density at radius 3 is 2.53 bits per heavy atom. The quantitative estimate of drug-likeness (QED) is 0.823. The van der Waals surface area contributed by atoms with Crippen molar-refractivity contribution in [2.75, 3.05) is 13.1 Å². The summed E-state index contributed by atoms with van der Waals surface area (Å²) in [7, 11) is 0. The molecule has 2 aliphatic rings. The van der Waals surface area contributed by atoms with E-state index in [0.29, 0.717) is 0 Å². The first-order valence-corrected chi connectivity index (χ1v) is 6.92. The van der Waals surface area contributed by atoms with E-state index in [-0.39, 0.29) is 6.04 Å². The molecule has 0 aromatic heterocycles. The van der Waals surface area contributed by atoms with Crippen LogP contribution in [0, 0.1) is 17.3 Å². The van der Waals surface area contributed by atoms with Crippen LogP contribution in [0.3, 0.4) is 0 Å². The minimum absolute atomic E-state index is 0.267. The zero-order valence-electron chi connectivity index (χ0n) is 11.3. The van der Waals surface area contributed by atoms with Crippen LogP contribution in [0.5, 0.6) is 0 Å². The van der Waals surface area contributed by atoms with Crippen LogP contribution in [-0.2, 0) is 4.79 Å². The average Bonchev–Trinajstić information content (AvgIpc) is 2.18. The number of carboxylic acids is 1. The largest absolute Gasteiger partial charge is 0.481 e. The van der Waals surface area contributed by atoms with E-state index in [1.807, 2.05) is 6.92 Å². The van der Waals surface area contributed by atoms with E-state index in [9.17, 15) is 9.90 Å². The number of hydrogen-bond acceptors (Lipinski definition) is 2. The minimum atomic E-state index is -0.602. The molecule has 1 aliphatic heterocycles. The Morgan fingerprint density at radius 2 is 2.00 bits per heavy atom. The van der Waals surface area contributed by atoms with Crippen molar-refractivity contribution < 1.29 is 9.90 Å². The molecule has 1 aliphatic carbocycles. The summed E-state index contributed by atoms with van der Waals surface area (Å²) in [5.41, 5.74) is -0.514. The van der Waals surface area contributed by atoms with Gasteiger partial charge in [0, 0.05) is 19.1 Å². The summed E-state index contributed by atoms with van der Waals surface area (Å²) in [5, 5.41) is 9.48. The molecule has 1 N–H and O–H groups in total. The molecule has 2 fully saturated rings. The van der Waals surface area contributed by atoms with Crippen LogP contribution in [0.2, 0.25) is 0 Å². The Hall–Kier alpha value is -0.570. The second-order valence-corrected chi connectivity index (χ2v) is 6.44. The summed E-state index contributed by atoms with van der Waals surface area (Å²) in [5.74, 6) is 0.899. The highest BCUT2D eigenvalue weighted by molar-refractivity contribution is 5.75. The van der Waals surface area contributed by atoms with Gasteiger partial charge in [-0.2, -0.15) is 0 Å². The lowest BCUT2D eigenvalue weighted by molar-refractivity contribution is -0.158. The monoisotopic (exact) mass is 239 g/mol. The van der Waals surface area contributed by atoms with Crippen LogP contribution in [0.15, 0.2) is 0 Å². The lowest BCUT2D eigenvalue weighted by Gasteiger charge is -2.52. The molecule has 0 radical (unpaired) electrons. The fraction of sp³-hybridized carbons (Fsp3) is 0.929. The third kappa shape index (κ3) is 2.22. The van der Waals surface area contributed by atoms with Gasteiger partial charge in [0.2, 0.25) is 0 Å². The molecule has 3 nitrogen and oxygen atoms in total. The smallest absolute Gasteiger partial charge is 0.310 e. The molecule has 98 valence electrons. The summed E-state index contributed by atoms with van der Waals surface area (Å²) in [6, 6.07) is 0.267. The lowest BCUT2D eigenvalue weighted by Crippen LogP contribution is -2.61. The van der Waals surface area contributed by atoms with E-state index in [1.54, 1.807) is 0 Å². The third-order valence-corrected chi connectivity index (χ3v) is 4.97. The van der Waals surface area contributed by atoms with Crippen LogP contribution in [-0.4, -0.2) is 35.1 Å². The van der Waals surface area contributed by atoms with E-state index in [4.69, 9.17) is 0 Å². The second-order valence-electron chi connectivity index (χ2n) is 6.44. The Kier molecular flexibility index (Phi) is 3.48. The zero-order valence-corrected chi connectivity index (χ0v) is 11.3. The number of rotatable bonds is 3. The van der Waals surface area contributed by atoms with Crippen molar-refractivity contribution in [3.05, 3.63) is 0 Å². The van der Waals surface area contributed by atoms with Gasteiger partial charge < -0.3 is 5.11 Å². The predicted molar refractivity (Wildman–Crippen MR) is 67.9 cm³/mol. The molecule has 0 aromatic carbocycles. The fourth-order valence-electron chi connectivity index (χ4n) is 3.38. The van der Waals surface area contributed by atoms with Crippen LogP contribution in [0.4, 0.5) is 0 Å². The third-order valence-electron chi connectivity index (χ3n) is 4.97. The highest BCUT2D eigenvalue weighted by Gasteiger charge is 2.48. The van der Waals surface area contributed by atoms with Gasteiger partial charge >= 0.3 is 5.97 Å². The van der Waals surface area contributed by atoms with E-state index in [2.05, 4.69) is 18.7 Å². The van der Waals surface area contributed by atoms with Gasteiger partial charge in [-0.05, 0) is 31.6 Å². The van der Waals surface area contributed by atoms with Gasteiger partial charge in [-0.1, -0.05) is 26.7 Å². The van der Waals surface area contributed by atoms with Gasteiger partial charge in [0.15, 0.2) is 0 Å². The molecule has 0 amide bonds. The molecule has 1 heterocycles. The Bertz CT molecular complexity index is 297. The molecule has 2 unspecified atom stereocenters. The minimum Gasteiger partial charge on any atom is -0.481 e. The van der Waals surface area contributed by atoms with Crippen molar-refractivity contribution in [3.8, 4) is 0 Å². The average molecular weight is 239 g/mol. The number of nitrogens with zero attached hydrogens (tertiary/aromatic N) is 1. The molecule has 0 bridgehead atoms. The summed E-state index contributed by atoms with van der Waals surface area (Å²) in [6.45, 7) is 8.68. The van der Waals surface area contributed by atoms with Gasteiger partial charge in [0.25, 0.3) is 0 Å². The second kappa shape index (κ2) is 4.60. The van der Waals surface area contributed by atoms with Crippen molar-refractivity contribution in [1.29, 1.82) is 0 Å². The van der Waals surface area contributed by atoms with Crippen LogP contribution >= 0.6 is 0 Å². The van der Waals surface area contributed by atoms with E-state index in [1.165, 1.54) is 6.42 Å². The van der Waals surface area contributed by atoms with Crippen LogP contribution in [0.1, 0.15) is 46.5 Å². The summed E-state index contributed by atoms with van der Waals surface area (Å²) < 4.78 is 0. The van der Waals surface area contributed by atoms with Gasteiger partial charge in [-0.3, -0.25) is 9.69 Å². The van der Waals surface area contributed by atoms with Gasteiger partial charge in [0.05, 0.1) is 5.41 Å². The first-order chi connectivity index (χ1) is 7.95. The predicted octanol–water partition coefficient (Wildman–Crippen LogP) is 2.61. The molecule has 0 spiro atoms. The van der Waals surface area contributed by atoms with Crippen molar-refractivity contribution in [1.82, 2.24) is 4.90 Å². The van der Waals surface area contributed by atoms with Gasteiger partial charge in [0.1, 0.15) is 0 Å². The van der Waals surface area contributed by atoms with Crippen molar-refractivity contribution >= 4 is 5.97 Å². The molecule has 2 rings (SSSR count). The van der Waals surface area contributed by atoms with Crippen molar-refractivity contribution in [2.45, 2.75) is 52.5 Å². The molecular weight excluding hydrogens is 214 g/mol. The standard InChI is InChI=1S/C14H25NO2/c1-10(2)11-8-15(9-11)12-6-4-5-7-14(12,3)13(16)17/h10-12H,4-9H2,1-3H3,(H,16,17). The topological polar surface area (TPSA) is 40.5 Å². The Labute approximate surface area is 104 Å². The zero-order chi connectivity index (χ0) is 12.6. The first-order valence-electron chi connectivity index (χ1n) is 6.92. The van der Waals surface area contributed by atoms with Crippen molar-refractivity contribution in [3.63, 3.8) is 0 Å². The highest BCUT2D eigenvalue weighted by atomic mass is 16.4. The summed E-state index contributed by atoms with van der Waals surface area (Å²) in [4.78, 5) is 13.9. The van der Waals surface area contributed by atoms with E-state index >= 15 is 0 Å². The SMILES string of the molecule is CC(C)C1CN(C2CCCCC2(C)C(=O)O)C1. The molecule has 3 heteroatoms. The maximum atomic E-state index is 11.5. The molecule has 1 saturated carbocycles. The molecule has 1 saturated heterocycles. The first kappa shape index (κ1) is 12.9. The molecule has 2 atom stereocenters. The molecule has 0 aromatic rings. The van der Waals surface area contributed by atoms with Gasteiger partial charge in [-0.25, -0.2) is 0 Å². The number of aliphatic carboxylic acids is 1. The van der Waals surface area contributed by atoms with E-state index < -0.39 is 11.4 Å². The number of carbonyl (C=O) groups is 1. The maximum Gasteiger partial charge on any atom is 0.310 e. The maximum absolute atomic E-state index is 11.5. The Balaban J connectivity index is 2.02. The lowest BCUT2D eigenvalue weighted by atomic mass is 9.69. The van der Waals surface area contributed by atoms with Crippen LogP contribution < -0.4 is 0 Å². The highest BCUT2D eigenvalue weighted by Crippen LogP contribution is 2.42. The van der Waals surface area contributed by atoms with E-state index in [0.717, 1.165) is 44.2 Å². The van der Waals surface area contributed by atoms with Crippen LogP contribution in [0.25, 0.3) is 0 Å². The Morgan fingerprint density at radius 1 is 1.35 bits per heavy atom. The number of carboxylic acid groups (broad SMARTS) is 1. The van der Waals surface area contributed by atoms with Crippen molar-refractivity contribution in [2.24, 2.45) is 17.3 Å². The molecule has 17 heavy (non-hydrogen) atoms. The summed E-state index contributed by atoms with van der Waals surface area (Å²) >= 11 is 0. The summed E-state index contributed by atoms with van der Waals surface area (Å²) in [6.07, 6.45) is 4.17. The fourth-order valence-corrected chi connectivity index (χ4v) is 3.38. The van der Waals surface area contributed by atoms with Gasteiger partial charge in [-0.15, -0.1) is 0 Å². The normalized spacial score (nSPS) is 35.9.